The number of benzene rings is 8. The number of furan rings is 2. The fourth-order valence-electron chi connectivity index (χ4n) is 8.91. The van der Waals surface area contributed by atoms with Crippen LogP contribution < -0.4 is 0 Å². The summed E-state index contributed by atoms with van der Waals surface area (Å²) in [4.78, 5) is 15.9. The Hall–Kier alpha value is -7.63. The monoisotopic (exact) mass is 743 g/mol. The van der Waals surface area contributed by atoms with E-state index in [4.69, 9.17) is 23.8 Å². The van der Waals surface area contributed by atoms with Crippen LogP contribution in [0.2, 0.25) is 0 Å². The molecule has 5 nitrogen and oxygen atoms in total. The molecule has 58 heavy (non-hydrogen) atoms. The molecule has 12 rings (SSSR count). The van der Waals surface area contributed by atoms with Crippen LogP contribution in [0.4, 0.5) is 0 Å². The highest BCUT2D eigenvalue weighted by molar-refractivity contribution is 6.13. The van der Waals surface area contributed by atoms with Crippen LogP contribution in [0.5, 0.6) is 0 Å². The average Bonchev–Trinajstić information content (AvgIpc) is 3.87. The van der Waals surface area contributed by atoms with Gasteiger partial charge in [-0.1, -0.05) is 133 Å². The minimum absolute atomic E-state index is 0.602. The fourth-order valence-corrected chi connectivity index (χ4v) is 8.91. The topological polar surface area (TPSA) is 65.0 Å². The molecule has 11 aromatic rings. The predicted octanol–water partition coefficient (Wildman–Crippen LogP) is 14.1. The maximum atomic E-state index is 6.33. The summed E-state index contributed by atoms with van der Waals surface area (Å²) in [5.41, 5.74) is 13.4. The van der Waals surface area contributed by atoms with Crippen LogP contribution in [-0.4, -0.2) is 15.0 Å². The van der Waals surface area contributed by atoms with E-state index in [1.807, 2.05) is 48.5 Å². The third-order valence-electron chi connectivity index (χ3n) is 11.6. The van der Waals surface area contributed by atoms with Crippen LogP contribution >= 0.6 is 0 Å². The molecule has 0 N–H and O–H groups in total. The van der Waals surface area contributed by atoms with Gasteiger partial charge < -0.3 is 8.83 Å². The van der Waals surface area contributed by atoms with E-state index >= 15 is 0 Å². The van der Waals surface area contributed by atoms with Gasteiger partial charge in [-0.05, 0) is 99.5 Å². The van der Waals surface area contributed by atoms with E-state index in [1.54, 1.807) is 0 Å². The molecule has 0 amide bonds. The lowest BCUT2D eigenvalue weighted by Gasteiger charge is -2.19. The quantitative estimate of drug-likeness (QED) is 0.176. The number of rotatable bonds is 5. The molecule has 5 heteroatoms. The lowest BCUT2D eigenvalue weighted by molar-refractivity contribution is 0.668. The van der Waals surface area contributed by atoms with E-state index in [0.29, 0.717) is 17.5 Å². The zero-order chi connectivity index (χ0) is 38.2. The first kappa shape index (κ1) is 32.6. The Morgan fingerprint density at radius 3 is 1.74 bits per heavy atom. The highest BCUT2D eigenvalue weighted by atomic mass is 16.3. The van der Waals surface area contributed by atoms with Crippen molar-refractivity contribution in [2.45, 2.75) is 12.8 Å². The zero-order valence-electron chi connectivity index (χ0n) is 31.3. The van der Waals surface area contributed by atoms with Gasteiger partial charge in [0.1, 0.15) is 22.3 Å². The second-order valence-electron chi connectivity index (χ2n) is 15.0. The molecule has 0 saturated heterocycles. The van der Waals surface area contributed by atoms with Crippen molar-refractivity contribution in [1.29, 1.82) is 0 Å². The SMILES string of the molecule is C1=Cc2c(-c3nc(-c4ccc5ccc(-c6cccc7oc8ccccc8c67)cc5c4)nc(-c4cccc5oc6ccccc6c45)n3)ccc(-c3ccccc3)c2CC1. The van der Waals surface area contributed by atoms with Crippen molar-refractivity contribution in [3.8, 4) is 56.4 Å². The number of hydrogen-bond acceptors (Lipinski definition) is 5. The van der Waals surface area contributed by atoms with Crippen LogP contribution in [-0.2, 0) is 6.42 Å². The Morgan fingerprint density at radius 1 is 0.397 bits per heavy atom. The Labute approximate surface area is 333 Å². The Morgan fingerprint density at radius 2 is 0.983 bits per heavy atom. The summed E-state index contributed by atoms with van der Waals surface area (Å²) in [6.07, 6.45) is 6.44. The lowest BCUT2D eigenvalue weighted by atomic mass is 9.86. The Kier molecular flexibility index (Phi) is 7.29. The lowest BCUT2D eigenvalue weighted by Crippen LogP contribution is -2.05. The molecule has 0 bridgehead atoms. The molecule has 0 saturated carbocycles. The molecule has 0 fully saturated rings. The van der Waals surface area contributed by atoms with Crippen molar-refractivity contribution >= 4 is 60.7 Å². The minimum atomic E-state index is 0.602. The van der Waals surface area contributed by atoms with Crippen molar-refractivity contribution in [2.24, 2.45) is 0 Å². The summed E-state index contributed by atoms with van der Waals surface area (Å²) in [7, 11) is 0. The van der Waals surface area contributed by atoms with E-state index in [9.17, 15) is 0 Å². The van der Waals surface area contributed by atoms with Crippen molar-refractivity contribution in [2.75, 3.05) is 0 Å². The minimum Gasteiger partial charge on any atom is -0.456 e. The van der Waals surface area contributed by atoms with Gasteiger partial charge >= 0.3 is 0 Å². The van der Waals surface area contributed by atoms with Crippen LogP contribution in [0, 0.1) is 0 Å². The number of aromatic nitrogens is 3. The summed E-state index contributed by atoms with van der Waals surface area (Å²) < 4.78 is 12.6. The van der Waals surface area contributed by atoms with Gasteiger partial charge in [-0.25, -0.2) is 15.0 Å². The first-order valence-corrected chi connectivity index (χ1v) is 19.7. The van der Waals surface area contributed by atoms with E-state index in [1.165, 1.54) is 16.7 Å². The van der Waals surface area contributed by atoms with Crippen LogP contribution in [0.25, 0.3) is 117 Å². The summed E-state index contributed by atoms with van der Waals surface area (Å²) in [6.45, 7) is 0. The van der Waals surface area contributed by atoms with E-state index in [-0.39, 0.29) is 0 Å². The van der Waals surface area contributed by atoms with Crippen LogP contribution in [0.15, 0.2) is 179 Å². The standard InChI is InChI=1S/C53H33N3O2/c1-2-12-33(13-3-1)37-28-29-41(40-15-5-4-14-39(37)40)52-54-51(55-53(56-52)44-19-11-23-48-50(44)43-17-7-9-21-46(43)58-48)35-27-25-32-24-26-34(30-36(32)31-35)38-18-10-22-47-49(38)42-16-6-8-20-45(42)57-47/h1-3,5-13,15-31H,4,14H2. The molecular formula is C53H33N3O2. The molecule has 272 valence electrons. The van der Waals surface area contributed by atoms with Crippen molar-refractivity contribution < 1.29 is 8.83 Å². The summed E-state index contributed by atoms with van der Waals surface area (Å²) in [5, 5.41) is 6.49. The summed E-state index contributed by atoms with van der Waals surface area (Å²) in [6, 6.07) is 57.0. The van der Waals surface area contributed by atoms with E-state index in [0.717, 1.165) is 101 Å². The Balaban J connectivity index is 1.07. The first-order valence-electron chi connectivity index (χ1n) is 19.7. The van der Waals surface area contributed by atoms with Crippen molar-refractivity contribution in [1.82, 2.24) is 15.0 Å². The van der Waals surface area contributed by atoms with Gasteiger partial charge in [0, 0.05) is 38.2 Å². The molecule has 1 aliphatic rings. The van der Waals surface area contributed by atoms with Crippen molar-refractivity contribution in [3.63, 3.8) is 0 Å². The predicted molar refractivity (Wildman–Crippen MR) is 236 cm³/mol. The molecule has 8 aromatic carbocycles. The second-order valence-corrected chi connectivity index (χ2v) is 15.0. The average molecular weight is 744 g/mol. The number of fused-ring (bicyclic) bond motifs is 8. The Bertz CT molecular complexity index is 3470. The van der Waals surface area contributed by atoms with Gasteiger partial charge in [0.2, 0.25) is 0 Å². The second kappa shape index (κ2) is 13.0. The highest BCUT2D eigenvalue weighted by Crippen LogP contribution is 2.41. The molecule has 0 unspecified atom stereocenters. The van der Waals surface area contributed by atoms with Gasteiger partial charge in [0.05, 0.1) is 0 Å². The maximum absolute atomic E-state index is 6.33. The van der Waals surface area contributed by atoms with Crippen LogP contribution in [0.3, 0.4) is 0 Å². The molecule has 0 aliphatic heterocycles. The van der Waals surface area contributed by atoms with Crippen molar-refractivity contribution in [3.05, 3.63) is 181 Å². The zero-order valence-corrected chi connectivity index (χ0v) is 31.3. The maximum Gasteiger partial charge on any atom is 0.164 e. The largest absolute Gasteiger partial charge is 0.456 e. The number of nitrogens with zero attached hydrogens (tertiary/aromatic N) is 3. The molecule has 0 radical (unpaired) electrons. The molecular weight excluding hydrogens is 711 g/mol. The first-order chi connectivity index (χ1) is 28.7. The summed E-state index contributed by atoms with van der Waals surface area (Å²) in [5.74, 6) is 1.85. The summed E-state index contributed by atoms with van der Waals surface area (Å²) >= 11 is 0. The van der Waals surface area contributed by atoms with Gasteiger partial charge in [0.25, 0.3) is 0 Å². The molecule has 3 aromatic heterocycles. The number of para-hydroxylation sites is 2. The fraction of sp³-hybridized carbons (Fsp3) is 0.0377. The smallest absolute Gasteiger partial charge is 0.164 e. The van der Waals surface area contributed by atoms with Gasteiger partial charge in [-0.2, -0.15) is 0 Å². The number of hydrogen-bond donors (Lipinski definition) is 0. The molecule has 0 atom stereocenters. The number of allylic oxidation sites excluding steroid dienone is 1. The van der Waals surface area contributed by atoms with Crippen LogP contribution in [0.1, 0.15) is 17.5 Å². The normalized spacial score (nSPS) is 12.6. The molecule has 1 aliphatic carbocycles. The molecule has 0 spiro atoms. The molecule has 3 heterocycles. The van der Waals surface area contributed by atoms with E-state index in [2.05, 4.69) is 127 Å². The third-order valence-corrected chi connectivity index (χ3v) is 11.6. The van der Waals surface area contributed by atoms with E-state index < -0.39 is 0 Å². The third kappa shape index (κ3) is 5.21. The van der Waals surface area contributed by atoms with Gasteiger partial charge in [-0.15, -0.1) is 0 Å². The van der Waals surface area contributed by atoms with Gasteiger partial charge in [-0.3, -0.25) is 0 Å². The highest BCUT2D eigenvalue weighted by Gasteiger charge is 2.22. The van der Waals surface area contributed by atoms with Gasteiger partial charge in [0.15, 0.2) is 17.5 Å².